The molecule has 0 bridgehead atoms. The highest BCUT2D eigenvalue weighted by atomic mass is 32.2. The quantitative estimate of drug-likeness (QED) is 0.757. The van der Waals surface area contributed by atoms with E-state index in [1.54, 1.807) is 0 Å². The van der Waals surface area contributed by atoms with Gasteiger partial charge in [-0.1, -0.05) is 26.0 Å². The molecule has 0 aliphatic rings. The average molecular weight is 253 g/mol. The molecule has 1 N–H and O–H groups in total. The van der Waals surface area contributed by atoms with E-state index in [9.17, 15) is 4.21 Å². The SMILES string of the molecule is Cc1cccc(S(=O)CCCNCC(C)C)c1. The lowest BCUT2D eigenvalue weighted by molar-refractivity contribution is 0.550. The lowest BCUT2D eigenvalue weighted by Gasteiger charge is -2.07. The number of rotatable bonds is 7. The van der Waals surface area contributed by atoms with Crippen molar-refractivity contribution in [2.75, 3.05) is 18.8 Å². The maximum atomic E-state index is 12.0. The highest BCUT2D eigenvalue weighted by Crippen LogP contribution is 2.09. The predicted octanol–water partition coefficient (Wildman–Crippen LogP) is 2.74. The first-order valence-electron chi connectivity index (χ1n) is 6.25. The predicted molar refractivity (Wildman–Crippen MR) is 74.8 cm³/mol. The minimum absolute atomic E-state index is 0.678. The Bertz CT molecular complexity index is 363. The van der Waals surface area contributed by atoms with Gasteiger partial charge in [0.2, 0.25) is 0 Å². The molecule has 0 spiro atoms. The van der Waals surface area contributed by atoms with E-state index in [1.807, 2.05) is 31.2 Å². The van der Waals surface area contributed by atoms with Crippen molar-refractivity contribution in [2.24, 2.45) is 5.92 Å². The zero-order valence-electron chi connectivity index (χ0n) is 11.0. The van der Waals surface area contributed by atoms with Gasteiger partial charge in [-0.05, 0) is 50.0 Å². The van der Waals surface area contributed by atoms with Gasteiger partial charge in [0.15, 0.2) is 0 Å². The maximum Gasteiger partial charge on any atom is 0.0530 e. The summed E-state index contributed by atoms with van der Waals surface area (Å²) in [5.41, 5.74) is 1.17. The largest absolute Gasteiger partial charge is 0.316 e. The lowest BCUT2D eigenvalue weighted by Crippen LogP contribution is -2.21. The molecule has 0 saturated heterocycles. The van der Waals surface area contributed by atoms with Crippen LogP contribution < -0.4 is 5.32 Å². The second-order valence-corrected chi connectivity index (χ2v) is 6.39. The molecule has 1 unspecified atom stereocenters. The fourth-order valence-electron chi connectivity index (χ4n) is 1.59. The first-order chi connectivity index (χ1) is 8.09. The van der Waals surface area contributed by atoms with Crippen molar-refractivity contribution in [1.29, 1.82) is 0 Å². The molecular weight excluding hydrogens is 230 g/mol. The zero-order chi connectivity index (χ0) is 12.7. The molecule has 0 fully saturated rings. The fourth-order valence-corrected chi connectivity index (χ4v) is 2.78. The molecule has 0 radical (unpaired) electrons. The van der Waals surface area contributed by atoms with E-state index >= 15 is 0 Å². The van der Waals surface area contributed by atoms with Crippen molar-refractivity contribution >= 4 is 10.8 Å². The Morgan fingerprint density at radius 1 is 1.35 bits per heavy atom. The molecule has 0 aliphatic heterocycles. The van der Waals surface area contributed by atoms with E-state index in [4.69, 9.17) is 0 Å². The van der Waals surface area contributed by atoms with E-state index in [0.29, 0.717) is 5.92 Å². The van der Waals surface area contributed by atoms with Crippen LogP contribution in [0.15, 0.2) is 29.2 Å². The van der Waals surface area contributed by atoms with Gasteiger partial charge < -0.3 is 5.32 Å². The number of nitrogens with one attached hydrogen (secondary N) is 1. The summed E-state index contributed by atoms with van der Waals surface area (Å²) in [6, 6.07) is 7.97. The topological polar surface area (TPSA) is 29.1 Å². The molecule has 0 aliphatic carbocycles. The van der Waals surface area contributed by atoms with Gasteiger partial charge in [-0.15, -0.1) is 0 Å². The fraction of sp³-hybridized carbons (Fsp3) is 0.571. The number of benzene rings is 1. The zero-order valence-corrected chi connectivity index (χ0v) is 11.8. The van der Waals surface area contributed by atoms with Crippen molar-refractivity contribution in [3.8, 4) is 0 Å². The van der Waals surface area contributed by atoms with E-state index in [2.05, 4.69) is 19.2 Å². The van der Waals surface area contributed by atoms with Crippen LogP contribution in [-0.4, -0.2) is 23.1 Å². The standard InChI is InChI=1S/C14H23NOS/c1-12(2)11-15-8-5-9-17(16)14-7-4-6-13(3)10-14/h4,6-7,10,12,15H,5,8-9,11H2,1-3H3. The molecule has 2 nitrogen and oxygen atoms in total. The highest BCUT2D eigenvalue weighted by molar-refractivity contribution is 7.85. The van der Waals surface area contributed by atoms with Crippen LogP contribution in [0.4, 0.5) is 0 Å². The van der Waals surface area contributed by atoms with Crippen molar-refractivity contribution in [2.45, 2.75) is 32.1 Å². The van der Waals surface area contributed by atoms with Gasteiger partial charge in [-0.2, -0.15) is 0 Å². The van der Waals surface area contributed by atoms with Crippen LogP contribution in [0.3, 0.4) is 0 Å². The summed E-state index contributed by atoms with van der Waals surface area (Å²) >= 11 is 0. The van der Waals surface area contributed by atoms with Gasteiger partial charge in [0.25, 0.3) is 0 Å². The van der Waals surface area contributed by atoms with Crippen LogP contribution in [0.25, 0.3) is 0 Å². The van der Waals surface area contributed by atoms with Gasteiger partial charge in [-0.25, -0.2) is 0 Å². The smallest absolute Gasteiger partial charge is 0.0530 e. The summed E-state index contributed by atoms with van der Waals surface area (Å²) in [6.45, 7) is 8.41. The van der Waals surface area contributed by atoms with E-state index < -0.39 is 10.8 Å². The summed E-state index contributed by atoms with van der Waals surface area (Å²) in [4.78, 5) is 0.953. The van der Waals surface area contributed by atoms with Gasteiger partial charge >= 0.3 is 0 Å². The molecule has 1 aromatic carbocycles. The third-order valence-corrected chi connectivity index (χ3v) is 3.93. The van der Waals surface area contributed by atoms with E-state index in [1.165, 1.54) is 5.56 Å². The number of aryl methyl sites for hydroxylation is 1. The summed E-state index contributed by atoms with van der Waals surface area (Å²) in [7, 11) is -0.848. The first-order valence-corrected chi connectivity index (χ1v) is 7.57. The van der Waals surface area contributed by atoms with Crippen LogP contribution in [0, 0.1) is 12.8 Å². The molecule has 96 valence electrons. The summed E-state index contributed by atoms with van der Waals surface area (Å²) in [6.07, 6.45) is 0.966. The molecule has 1 atom stereocenters. The maximum absolute atomic E-state index is 12.0. The average Bonchev–Trinajstić information content (AvgIpc) is 2.28. The van der Waals surface area contributed by atoms with Gasteiger partial charge in [0, 0.05) is 10.6 Å². The summed E-state index contributed by atoms with van der Waals surface area (Å²) < 4.78 is 12.0. The third-order valence-electron chi connectivity index (χ3n) is 2.49. The van der Waals surface area contributed by atoms with Crippen LogP contribution in [-0.2, 0) is 10.8 Å². The Labute approximate surface area is 107 Å². The monoisotopic (exact) mass is 253 g/mol. The van der Waals surface area contributed by atoms with Gasteiger partial charge in [0.1, 0.15) is 0 Å². The molecular formula is C14H23NOS. The number of hydrogen-bond acceptors (Lipinski definition) is 2. The van der Waals surface area contributed by atoms with Crippen molar-refractivity contribution in [1.82, 2.24) is 5.32 Å². The Balaban J connectivity index is 2.26. The van der Waals surface area contributed by atoms with Crippen molar-refractivity contribution < 1.29 is 4.21 Å². The Morgan fingerprint density at radius 2 is 2.12 bits per heavy atom. The summed E-state index contributed by atoms with van der Waals surface area (Å²) in [5.74, 6) is 1.42. The van der Waals surface area contributed by atoms with Crippen molar-refractivity contribution in [3.63, 3.8) is 0 Å². The Kier molecular flexibility index (Phi) is 6.45. The molecule has 1 rings (SSSR count). The van der Waals surface area contributed by atoms with E-state index in [0.717, 1.165) is 30.2 Å². The number of hydrogen-bond donors (Lipinski definition) is 1. The van der Waals surface area contributed by atoms with Crippen LogP contribution in [0.5, 0.6) is 0 Å². The van der Waals surface area contributed by atoms with Crippen LogP contribution >= 0.6 is 0 Å². The van der Waals surface area contributed by atoms with Crippen molar-refractivity contribution in [3.05, 3.63) is 29.8 Å². The summed E-state index contributed by atoms with van der Waals surface area (Å²) in [5, 5.41) is 3.37. The lowest BCUT2D eigenvalue weighted by atomic mass is 10.2. The second kappa shape index (κ2) is 7.62. The minimum Gasteiger partial charge on any atom is -0.316 e. The Morgan fingerprint density at radius 3 is 2.76 bits per heavy atom. The molecule has 17 heavy (non-hydrogen) atoms. The molecule has 0 heterocycles. The van der Waals surface area contributed by atoms with E-state index in [-0.39, 0.29) is 0 Å². The minimum atomic E-state index is -0.848. The molecule has 0 saturated carbocycles. The Hall–Kier alpha value is -0.670. The molecule has 1 aromatic rings. The van der Waals surface area contributed by atoms with Crippen LogP contribution in [0.1, 0.15) is 25.8 Å². The molecule has 0 aromatic heterocycles. The molecule has 3 heteroatoms. The molecule has 0 amide bonds. The second-order valence-electron chi connectivity index (χ2n) is 4.82. The van der Waals surface area contributed by atoms with Gasteiger partial charge in [0.05, 0.1) is 10.8 Å². The van der Waals surface area contributed by atoms with Crippen LogP contribution in [0.2, 0.25) is 0 Å². The highest BCUT2D eigenvalue weighted by Gasteiger charge is 2.03. The first kappa shape index (κ1) is 14.4. The third kappa shape index (κ3) is 5.99. The normalized spacial score (nSPS) is 12.9. The van der Waals surface area contributed by atoms with Gasteiger partial charge in [-0.3, -0.25) is 4.21 Å².